The molecule has 104 valence electrons. The first-order valence-electron chi connectivity index (χ1n) is 5.63. The maximum Gasteiger partial charge on any atom is 0.245 e. The molecule has 1 atom stereocenters. The molecule has 0 amide bonds. The summed E-state index contributed by atoms with van der Waals surface area (Å²) in [5.74, 6) is 2.66. The summed E-state index contributed by atoms with van der Waals surface area (Å²) in [6, 6.07) is 4.38. The summed E-state index contributed by atoms with van der Waals surface area (Å²) >= 11 is 5.83. The smallest absolute Gasteiger partial charge is 0.245 e. The molecule has 0 heterocycles. The van der Waals surface area contributed by atoms with Crippen LogP contribution >= 0.6 is 11.6 Å². The van der Waals surface area contributed by atoms with Crippen molar-refractivity contribution in [3.8, 4) is 18.1 Å². The van der Waals surface area contributed by atoms with E-state index < -0.39 is 15.6 Å². The van der Waals surface area contributed by atoms with Crippen molar-refractivity contribution in [2.24, 2.45) is 0 Å². The Morgan fingerprint density at radius 2 is 2.16 bits per heavy atom. The van der Waals surface area contributed by atoms with Crippen LogP contribution in [-0.4, -0.2) is 21.1 Å². The molecule has 0 fully saturated rings. The van der Waals surface area contributed by atoms with E-state index >= 15 is 0 Å². The van der Waals surface area contributed by atoms with Crippen LogP contribution in [0, 0.1) is 12.3 Å². The van der Waals surface area contributed by atoms with Crippen LogP contribution in [0.5, 0.6) is 5.75 Å². The summed E-state index contributed by atoms with van der Waals surface area (Å²) in [5, 5.41) is 0.306. The first-order valence-corrected chi connectivity index (χ1v) is 7.49. The number of benzene rings is 1. The van der Waals surface area contributed by atoms with Crippen LogP contribution in [0.4, 0.5) is 0 Å². The third-order valence-corrected chi connectivity index (χ3v) is 4.65. The summed E-state index contributed by atoms with van der Waals surface area (Å²) in [4.78, 5) is -0.0302. The van der Waals surface area contributed by atoms with Crippen molar-refractivity contribution >= 4 is 21.6 Å². The second-order valence-corrected chi connectivity index (χ2v) is 6.32. The van der Waals surface area contributed by atoms with Gasteiger partial charge in [0.05, 0.1) is 12.6 Å². The highest BCUT2D eigenvalue weighted by atomic mass is 35.5. The van der Waals surface area contributed by atoms with Gasteiger partial charge in [-0.1, -0.05) is 24.4 Å². The molecule has 0 spiro atoms. The van der Waals surface area contributed by atoms with Crippen molar-refractivity contribution in [1.29, 1.82) is 0 Å². The highest BCUT2D eigenvalue weighted by molar-refractivity contribution is 7.89. The van der Waals surface area contributed by atoms with Crippen LogP contribution in [0.3, 0.4) is 0 Å². The average Bonchev–Trinajstić information content (AvgIpc) is 2.38. The lowest BCUT2D eigenvalue weighted by Crippen LogP contribution is -2.44. The SMILES string of the molecule is C#CC(C)(CC)NS(=O)(=O)c1cc(Cl)ccc1OC. The molecule has 0 radical (unpaired) electrons. The van der Waals surface area contributed by atoms with E-state index in [-0.39, 0.29) is 10.6 Å². The first kappa shape index (κ1) is 15.8. The second kappa shape index (κ2) is 5.83. The van der Waals surface area contributed by atoms with Crippen molar-refractivity contribution in [2.45, 2.75) is 30.7 Å². The number of nitrogens with one attached hydrogen (secondary N) is 1. The van der Waals surface area contributed by atoms with Gasteiger partial charge >= 0.3 is 0 Å². The van der Waals surface area contributed by atoms with Crippen molar-refractivity contribution in [1.82, 2.24) is 4.72 Å². The van der Waals surface area contributed by atoms with E-state index in [1.165, 1.54) is 19.2 Å². The molecule has 0 aliphatic heterocycles. The Labute approximate surface area is 119 Å². The number of terminal acetylenes is 1. The van der Waals surface area contributed by atoms with Gasteiger partial charge in [-0.25, -0.2) is 8.42 Å². The predicted octanol–water partition coefficient (Wildman–Crippen LogP) is 2.43. The van der Waals surface area contributed by atoms with E-state index in [4.69, 9.17) is 22.8 Å². The molecule has 4 nitrogen and oxygen atoms in total. The molecule has 0 aliphatic carbocycles. The van der Waals surface area contributed by atoms with E-state index in [1.54, 1.807) is 19.9 Å². The van der Waals surface area contributed by atoms with E-state index in [1.807, 2.05) is 0 Å². The van der Waals surface area contributed by atoms with Crippen molar-refractivity contribution in [2.75, 3.05) is 7.11 Å². The van der Waals surface area contributed by atoms with Crippen LogP contribution in [0.15, 0.2) is 23.1 Å². The molecule has 6 heteroatoms. The lowest BCUT2D eigenvalue weighted by molar-refractivity contribution is 0.401. The molecule has 1 N–H and O–H groups in total. The standard InChI is InChI=1S/C13H16ClNO3S/c1-5-13(3,6-2)15-19(16,17)12-9-10(14)7-8-11(12)18-4/h1,7-9,15H,6H2,2-4H3. The summed E-state index contributed by atoms with van der Waals surface area (Å²) in [7, 11) is -2.42. The number of methoxy groups -OCH3 is 1. The highest BCUT2D eigenvalue weighted by Gasteiger charge is 2.29. The Balaban J connectivity index is 3.29. The number of rotatable bonds is 5. The monoisotopic (exact) mass is 301 g/mol. The van der Waals surface area contributed by atoms with Crippen LogP contribution in [0.25, 0.3) is 0 Å². The molecule has 1 aromatic carbocycles. The Kier molecular flexibility index (Phi) is 4.86. The summed E-state index contributed by atoms with van der Waals surface area (Å²) < 4.78 is 32.2. The fraction of sp³-hybridized carbons (Fsp3) is 0.385. The minimum atomic E-state index is -3.81. The summed E-state index contributed by atoms with van der Waals surface area (Å²) in [6.45, 7) is 3.44. The Bertz CT molecular complexity index is 607. The van der Waals surface area contributed by atoms with Gasteiger partial charge in [-0.15, -0.1) is 6.42 Å². The van der Waals surface area contributed by atoms with E-state index in [2.05, 4.69) is 10.6 Å². The van der Waals surface area contributed by atoms with Gasteiger partial charge in [0.15, 0.2) is 0 Å². The van der Waals surface area contributed by atoms with E-state index in [9.17, 15) is 8.42 Å². The molecule has 19 heavy (non-hydrogen) atoms. The van der Waals surface area contributed by atoms with Crippen molar-refractivity contribution < 1.29 is 13.2 Å². The van der Waals surface area contributed by atoms with Gasteiger partial charge in [0.25, 0.3) is 0 Å². The summed E-state index contributed by atoms with van der Waals surface area (Å²) in [6.07, 6.45) is 5.83. The minimum Gasteiger partial charge on any atom is -0.495 e. The zero-order valence-corrected chi connectivity index (χ0v) is 12.6. The third-order valence-electron chi connectivity index (χ3n) is 2.80. The zero-order chi connectivity index (χ0) is 14.7. The number of hydrogen-bond donors (Lipinski definition) is 1. The van der Waals surface area contributed by atoms with Crippen LogP contribution < -0.4 is 9.46 Å². The van der Waals surface area contributed by atoms with Crippen LogP contribution in [0.2, 0.25) is 5.02 Å². The van der Waals surface area contributed by atoms with Gasteiger partial charge in [0.1, 0.15) is 10.6 Å². The third kappa shape index (κ3) is 3.63. The molecular formula is C13H16ClNO3S. The molecule has 1 rings (SSSR count). The molecule has 0 saturated carbocycles. The minimum absolute atomic E-state index is 0.0302. The van der Waals surface area contributed by atoms with Crippen molar-refractivity contribution in [3.63, 3.8) is 0 Å². The predicted molar refractivity (Wildman–Crippen MR) is 75.9 cm³/mol. The average molecular weight is 302 g/mol. The van der Waals surface area contributed by atoms with Gasteiger partial charge in [-0.3, -0.25) is 0 Å². The maximum atomic E-state index is 12.4. The Hall–Kier alpha value is -1.22. The van der Waals surface area contributed by atoms with Gasteiger partial charge in [0.2, 0.25) is 10.0 Å². The normalized spacial score (nSPS) is 14.5. The number of halogens is 1. The van der Waals surface area contributed by atoms with Crippen molar-refractivity contribution in [3.05, 3.63) is 23.2 Å². The Morgan fingerprint density at radius 3 is 2.63 bits per heavy atom. The first-order chi connectivity index (χ1) is 8.78. The quantitative estimate of drug-likeness (QED) is 0.850. The lowest BCUT2D eigenvalue weighted by Gasteiger charge is -2.23. The fourth-order valence-electron chi connectivity index (χ4n) is 1.42. The molecular weight excluding hydrogens is 286 g/mol. The molecule has 0 bridgehead atoms. The highest BCUT2D eigenvalue weighted by Crippen LogP contribution is 2.28. The molecule has 1 aromatic rings. The van der Waals surface area contributed by atoms with Gasteiger partial charge in [-0.05, 0) is 31.5 Å². The number of hydrogen-bond acceptors (Lipinski definition) is 3. The lowest BCUT2D eigenvalue weighted by atomic mass is 10.0. The molecule has 0 aromatic heterocycles. The number of sulfonamides is 1. The maximum absolute atomic E-state index is 12.4. The molecule has 0 saturated heterocycles. The zero-order valence-electron chi connectivity index (χ0n) is 11.0. The molecule has 1 unspecified atom stereocenters. The van der Waals surface area contributed by atoms with E-state index in [0.29, 0.717) is 11.4 Å². The van der Waals surface area contributed by atoms with Gasteiger partial charge in [-0.2, -0.15) is 4.72 Å². The van der Waals surface area contributed by atoms with E-state index in [0.717, 1.165) is 0 Å². The largest absolute Gasteiger partial charge is 0.495 e. The number of ether oxygens (including phenoxy) is 1. The summed E-state index contributed by atoms with van der Waals surface area (Å²) in [5.41, 5.74) is -0.952. The van der Waals surface area contributed by atoms with Gasteiger partial charge < -0.3 is 4.74 Å². The molecule has 0 aliphatic rings. The fourth-order valence-corrected chi connectivity index (χ4v) is 3.26. The van der Waals surface area contributed by atoms with Crippen LogP contribution in [0.1, 0.15) is 20.3 Å². The Morgan fingerprint density at radius 1 is 1.53 bits per heavy atom. The van der Waals surface area contributed by atoms with Crippen LogP contribution in [-0.2, 0) is 10.0 Å². The van der Waals surface area contributed by atoms with Gasteiger partial charge in [0, 0.05) is 5.02 Å². The topological polar surface area (TPSA) is 55.4 Å². The second-order valence-electron chi connectivity index (χ2n) is 4.23.